The number of hydrogen-bond donors (Lipinski definition) is 1. The van der Waals surface area contributed by atoms with Crippen LogP contribution >= 0.6 is 11.3 Å². The molecular weight excluding hydrogens is 296 g/mol. The van der Waals surface area contributed by atoms with Crippen molar-refractivity contribution in [2.75, 3.05) is 33.3 Å². The van der Waals surface area contributed by atoms with Gasteiger partial charge in [0.2, 0.25) is 0 Å². The molecule has 0 aliphatic carbocycles. The number of methoxy groups -OCH3 is 1. The van der Waals surface area contributed by atoms with E-state index in [1.165, 1.54) is 21.8 Å². The minimum absolute atomic E-state index is 0.176. The maximum atomic E-state index is 12.3. The van der Waals surface area contributed by atoms with Crippen LogP contribution in [0.1, 0.15) is 15.2 Å². The Hall–Kier alpha value is -1.85. The molecule has 1 aromatic heterocycles. The number of quaternary nitrogens is 1. The number of nitrogens with one attached hydrogen (secondary N) is 1. The number of rotatable bonds is 4. The van der Waals surface area contributed by atoms with Crippen molar-refractivity contribution in [3.63, 3.8) is 0 Å². The van der Waals surface area contributed by atoms with Crippen molar-refractivity contribution < 1.29 is 14.4 Å². The first kappa shape index (κ1) is 15.1. The predicted molar refractivity (Wildman–Crippen MR) is 87.6 cm³/mol. The van der Waals surface area contributed by atoms with Crippen LogP contribution in [-0.2, 0) is 6.54 Å². The molecule has 1 saturated heterocycles. The molecule has 1 aliphatic heterocycles. The second kappa shape index (κ2) is 6.94. The smallest absolute Gasteiger partial charge is 0.264 e. The van der Waals surface area contributed by atoms with E-state index in [2.05, 4.69) is 12.1 Å². The van der Waals surface area contributed by atoms with Crippen molar-refractivity contribution in [3.8, 4) is 5.75 Å². The summed E-state index contributed by atoms with van der Waals surface area (Å²) in [5.74, 6) is 1.08. The second-order valence-corrected chi connectivity index (χ2v) is 6.50. The van der Waals surface area contributed by atoms with Gasteiger partial charge in [0.05, 0.1) is 38.2 Å². The molecule has 1 amide bonds. The number of amides is 1. The molecule has 4 nitrogen and oxygen atoms in total. The van der Waals surface area contributed by atoms with Crippen molar-refractivity contribution in [3.05, 3.63) is 52.2 Å². The lowest BCUT2D eigenvalue weighted by atomic mass is 10.2. The summed E-state index contributed by atoms with van der Waals surface area (Å²) < 4.78 is 5.27. The number of piperazine rings is 1. The fourth-order valence-electron chi connectivity index (χ4n) is 2.83. The average Bonchev–Trinajstić information content (AvgIpc) is 3.09. The van der Waals surface area contributed by atoms with Gasteiger partial charge in [-0.05, 0) is 23.6 Å². The quantitative estimate of drug-likeness (QED) is 0.922. The highest BCUT2D eigenvalue weighted by atomic mass is 32.1. The van der Waals surface area contributed by atoms with Gasteiger partial charge in [0.1, 0.15) is 12.3 Å². The molecule has 2 aromatic rings. The molecule has 22 heavy (non-hydrogen) atoms. The zero-order valence-corrected chi connectivity index (χ0v) is 13.6. The summed E-state index contributed by atoms with van der Waals surface area (Å²) in [6, 6.07) is 12.1. The number of ether oxygens (including phenoxy) is 1. The molecule has 1 N–H and O–H groups in total. The molecule has 116 valence electrons. The van der Waals surface area contributed by atoms with E-state index in [0.29, 0.717) is 0 Å². The van der Waals surface area contributed by atoms with E-state index >= 15 is 0 Å². The Labute approximate surface area is 134 Å². The van der Waals surface area contributed by atoms with Crippen LogP contribution in [0.2, 0.25) is 0 Å². The molecule has 2 heterocycles. The van der Waals surface area contributed by atoms with Gasteiger partial charge in [0.25, 0.3) is 5.91 Å². The Morgan fingerprint density at radius 3 is 2.77 bits per heavy atom. The van der Waals surface area contributed by atoms with E-state index in [0.717, 1.165) is 43.4 Å². The first-order valence-electron chi connectivity index (χ1n) is 7.55. The van der Waals surface area contributed by atoms with Crippen LogP contribution in [0.4, 0.5) is 0 Å². The van der Waals surface area contributed by atoms with Gasteiger partial charge < -0.3 is 14.5 Å². The molecule has 3 rings (SSSR count). The van der Waals surface area contributed by atoms with Gasteiger partial charge >= 0.3 is 0 Å². The van der Waals surface area contributed by atoms with Crippen LogP contribution < -0.4 is 9.64 Å². The van der Waals surface area contributed by atoms with Crippen molar-refractivity contribution in [2.45, 2.75) is 6.54 Å². The Bertz CT molecular complexity index is 619. The third-order valence-electron chi connectivity index (χ3n) is 4.08. The Morgan fingerprint density at radius 1 is 1.27 bits per heavy atom. The molecular formula is C17H21N2O2S+. The fourth-order valence-corrected chi connectivity index (χ4v) is 3.52. The standard InChI is InChI=1S/C17H20N2O2S/c1-21-15-5-2-4-14(12-15)13-18-7-9-19(10-8-18)17(20)16-6-3-11-22-16/h2-6,11-12H,7-10,13H2,1H3/p+1. The highest BCUT2D eigenvalue weighted by Gasteiger charge is 2.25. The molecule has 0 radical (unpaired) electrons. The number of hydrogen-bond acceptors (Lipinski definition) is 3. The van der Waals surface area contributed by atoms with Crippen molar-refractivity contribution in [1.29, 1.82) is 0 Å². The summed E-state index contributed by atoms with van der Waals surface area (Å²) in [7, 11) is 1.70. The average molecular weight is 317 g/mol. The minimum Gasteiger partial charge on any atom is -0.497 e. The molecule has 0 saturated carbocycles. The molecule has 1 aliphatic rings. The lowest BCUT2D eigenvalue weighted by molar-refractivity contribution is -0.917. The zero-order valence-electron chi connectivity index (χ0n) is 12.7. The Balaban J connectivity index is 1.54. The van der Waals surface area contributed by atoms with Gasteiger partial charge in [-0.15, -0.1) is 11.3 Å². The molecule has 0 atom stereocenters. The van der Waals surface area contributed by atoms with Crippen molar-refractivity contribution in [1.82, 2.24) is 4.90 Å². The van der Waals surface area contributed by atoms with Gasteiger partial charge in [-0.1, -0.05) is 18.2 Å². The third kappa shape index (κ3) is 3.48. The molecule has 1 fully saturated rings. The number of carbonyl (C=O) groups excluding carboxylic acids is 1. The summed E-state index contributed by atoms with van der Waals surface area (Å²) in [6.45, 7) is 4.63. The van der Waals surface area contributed by atoms with Gasteiger partial charge in [-0.25, -0.2) is 0 Å². The van der Waals surface area contributed by atoms with E-state index < -0.39 is 0 Å². The van der Waals surface area contributed by atoms with Crippen LogP contribution in [-0.4, -0.2) is 44.1 Å². The van der Waals surface area contributed by atoms with Crippen LogP contribution in [0.3, 0.4) is 0 Å². The minimum atomic E-state index is 0.176. The first-order valence-corrected chi connectivity index (χ1v) is 8.43. The fraction of sp³-hybridized carbons (Fsp3) is 0.353. The summed E-state index contributed by atoms with van der Waals surface area (Å²) in [6.07, 6.45) is 0. The second-order valence-electron chi connectivity index (χ2n) is 5.55. The summed E-state index contributed by atoms with van der Waals surface area (Å²) in [5, 5.41) is 1.96. The molecule has 1 aromatic carbocycles. The third-order valence-corrected chi connectivity index (χ3v) is 4.94. The van der Waals surface area contributed by atoms with Crippen LogP contribution in [0.25, 0.3) is 0 Å². The van der Waals surface area contributed by atoms with Crippen LogP contribution in [0.15, 0.2) is 41.8 Å². The lowest BCUT2D eigenvalue weighted by Crippen LogP contribution is -3.13. The van der Waals surface area contributed by atoms with E-state index in [4.69, 9.17) is 4.74 Å². The van der Waals surface area contributed by atoms with Gasteiger partial charge in [0, 0.05) is 5.56 Å². The van der Waals surface area contributed by atoms with E-state index in [-0.39, 0.29) is 5.91 Å². The largest absolute Gasteiger partial charge is 0.497 e. The SMILES string of the molecule is COc1cccc(C[NH+]2CCN(C(=O)c3cccs3)CC2)c1. The Kier molecular flexibility index (Phi) is 4.75. The Morgan fingerprint density at radius 2 is 2.09 bits per heavy atom. The van der Waals surface area contributed by atoms with Gasteiger partial charge in [0.15, 0.2) is 0 Å². The van der Waals surface area contributed by atoms with E-state index in [1.54, 1.807) is 7.11 Å². The number of nitrogens with zero attached hydrogens (tertiary/aromatic N) is 1. The normalized spacial score (nSPS) is 15.8. The topological polar surface area (TPSA) is 34.0 Å². The highest BCUT2D eigenvalue weighted by molar-refractivity contribution is 7.12. The molecule has 0 bridgehead atoms. The monoisotopic (exact) mass is 317 g/mol. The summed E-state index contributed by atoms with van der Waals surface area (Å²) in [5.41, 5.74) is 1.28. The molecule has 5 heteroatoms. The van der Waals surface area contributed by atoms with Gasteiger partial charge in [-0.2, -0.15) is 0 Å². The van der Waals surface area contributed by atoms with E-state index in [9.17, 15) is 4.79 Å². The molecule has 0 spiro atoms. The molecule has 0 unspecified atom stereocenters. The van der Waals surface area contributed by atoms with Crippen LogP contribution in [0, 0.1) is 0 Å². The number of thiophene rings is 1. The highest BCUT2D eigenvalue weighted by Crippen LogP contribution is 2.13. The predicted octanol–water partition coefficient (Wildman–Crippen LogP) is 1.30. The maximum absolute atomic E-state index is 12.3. The van der Waals surface area contributed by atoms with Crippen molar-refractivity contribution in [2.24, 2.45) is 0 Å². The number of carbonyl (C=O) groups is 1. The van der Waals surface area contributed by atoms with Crippen LogP contribution in [0.5, 0.6) is 5.75 Å². The first-order chi connectivity index (χ1) is 10.8. The summed E-state index contributed by atoms with van der Waals surface area (Å²) >= 11 is 1.52. The van der Waals surface area contributed by atoms with E-state index in [1.807, 2.05) is 34.5 Å². The summed E-state index contributed by atoms with van der Waals surface area (Å²) in [4.78, 5) is 16.7. The van der Waals surface area contributed by atoms with Crippen molar-refractivity contribution >= 4 is 17.2 Å². The lowest BCUT2D eigenvalue weighted by Gasteiger charge is -2.32. The number of benzene rings is 1. The zero-order chi connectivity index (χ0) is 15.4. The maximum Gasteiger partial charge on any atom is 0.264 e. The van der Waals surface area contributed by atoms with Gasteiger partial charge in [-0.3, -0.25) is 4.79 Å².